The maximum Gasteiger partial charge on any atom is 0.355 e. The molecule has 2 rings (SSSR count). The van der Waals surface area contributed by atoms with Crippen LogP contribution >= 0.6 is 0 Å². The molecule has 0 unspecified atom stereocenters. The maximum absolute atomic E-state index is 13.2. The van der Waals surface area contributed by atoms with Gasteiger partial charge in [0.1, 0.15) is 17.1 Å². The highest BCUT2D eigenvalue weighted by Crippen LogP contribution is 2.22. The van der Waals surface area contributed by atoms with Gasteiger partial charge in [-0.3, -0.25) is 4.79 Å². The zero-order valence-corrected chi connectivity index (χ0v) is 14.2. The van der Waals surface area contributed by atoms with Gasteiger partial charge in [-0.15, -0.1) is 0 Å². The average Bonchev–Trinajstić information content (AvgIpc) is 2.57. The van der Waals surface area contributed by atoms with E-state index in [4.69, 9.17) is 9.47 Å². The summed E-state index contributed by atoms with van der Waals surface area (Å²) in [6, 6.07) is 5.06. The van der Waals surface area contributed by atoms with E-state index in [9.17, 15) is 18.8 Å². The summed E-state index contributed by atoms with van der Waals surface area (Å²) in [5, 5.41) is 0. The number of halogens is 1. The first-order chi connectivity index (χ1) is 11.9. The van der Waals surface area contributed by atoms with Crippen LogP contribution in [-0.4, -0.2) is 29.7 Å². The molecule has 6 nitrogen and oxygen atoms in total. The molecule has 0 aliphatic carbocycles. The van der Waals surface area contributed by atoms with E-state index < -0.39 is 23.2 Å². The van der Waals surface area contributed by atoms with E-state index in [0.29, 0.717) is 5.56 Å². The van der Waals surface area contributed by atoms with Crippen LogP contribution in [0.5, 0.6) is 0 Å². The summed E-state index contributed by atoms with van der Waals surface area (Å²) < 4.78 is 24.5. The Morgan fingerprint density at radius 2 is 1.60 bits per heavy atom. The smallest absolute Gasteiger partial charge is 0.355 e. The quantitative estimate of drug-likeness (QED) is 0.777. The summed E-state index contributed by atoms with van der Waals surface area (Å²) in [7, 11) is 1.52. The van der Waals surface area contributed by atoms with Crippen molar-refractivity contribution in [2.24, 2.45) is 7.05 Å². The molecular formula is C18H18FNO5. The Morgan fingerprint density at radius 3 is 2.16 bits per heavy atom. The minimum Gasteiger partial charge on any atom is -0.462 e. The number of pyridine rings is 1. The van der Waals surface area contributed by atoms with E-state index in [-0.39, 0.29) is 30.0 Å². The van der Waals surface area contributed by atoms with E-state index in [1.807, 2.05) is 0 Å². The SMILES string of the molecule is CCOC(=O)c1cn(C)c(C(=O)OCC)c(-c2ccc(F)cc2)c1=O. The molecule has 0 aliphatic rings. The van der Waals surface area contributed by atoms with Crippen LogP contribution in [0.25, 0.3) is 11.1 Å². The Kier molecular flexibility index (Phi) is 5.69. The van der Waals surface area contributed by atoms with Crippen LogP contribution < -0.4 is 5.43 Å². The van der Waals surface area contributed by atoms with E-state index in [0.717, 1.165) is 0 Å². The Morgan fingerprint density at radius 1 is 1.04 bits per heavy atom. The zero-order chi connectivity index (χ0) is 18.6. The number of hydrogen-bond acceptors (Lipinski definition) is 5. The Hall–Kier alpha value is -2.96. The highest BCUT2D eigenvalue weighted by Gasteiger charge is 2.25. The maximum atomic E-state index is 13.2. The van der Waals surface area contributed by atoms with E-state index >= 15 is 0 Å². The number of hydrogen-bond donors (Lipinski definition) is 0. The van der Waals surface area contributed by atoms with Crippen LogP contribution in [-0.2, 0) is 16.5 Å². The molecule has 0 atom stereocenters. The number of aromatic nitrogens is 1. The second-order valence-corrected chi connectivity index (χ2v) is 5.15. The molecule has 0 radical (unpaired) electrons. The highest BCUT2D eigenvalue weighted by atomic mass is 19.1. The van der Waals surface area contributed by atoms with Gasteiger partial charge in [0.05, 0.1) is 18.8 Å². The molecule has 0 amide bonds. The largest absolute Gasteiger partial charge is 0.462 e. The minimum atomic E-state index is -0.790. The summed E-state index contributed by atoms with van der Waals surface area (Å²) in [6.07, 6.45) is 1.24. The van der Waals surface area contributed by atoms with Gasteiger partial charge in [-0.2, -0.15) is 0 Å². The highest BCUT2D eigenvalue weighted by molar-refractivity contribution is 5.98. The fourth-order valence-electron chi connectivity index (χ4n) is 2.42. The van der Waals surface area contributed by atoms with Gasteiger partial charge in [-0.25, -0.2) is 14.0 Å². The lowest BCUT2D eigenvalue weighted by Gasteiger charge is -2.15. The van der Waals surface area contributed by atoms with Gasteiger partial charge >= 0.3 is 11.9 Å². The lowest BCUT2D eigenvalue weighted by Crippen LogP contribution is -2.26. The third kappa shape index (κ3) is 3.76. The predicted molar refractivity (Wildman–Crippen MR) is 89.0 cm³/mol. The van der Waals surface area contributed by atoms with Crippen molar-refractivity contribution >= 4 is 11.9 Å². The van der Waals surface area contributed by atoms with Crippen molar-refractivity contribution in [1.29, 1.82) is 0 Å². The van der Waals surface area contributed by atoms with Crippen LogP contribution in [0, 0.1) is 5.82 Å². The van der Waals surface area contributed by atoms with Gasteiger partial charge in [0.2, 0.25) is 5.43 Å². The summed E-state index contributed by atoms with van der Waals surface area (Å²) in [6.45, 7) is 3.49. The summed E-state index contributed by atoms with van der Waals surface area (Å²) >= 11 is 0. The number of carbonyl (C=O) groups excluding carboxylic acids is 2. The molecule has 0 saturated heterocycles. The van der Waals surface area contributed by atoms with Crippen molar-refractivity contribution in [3.63, 3.8) is 0 Å². The number of esters is 2. The van der Waals surface area contributed by atoms with Crippen molar-refractivity contribution in [1.82, 2.24) is 4.57 Å². The predicted octanol–water partition coefficient (Wildman–Crippen LogP) is 2.54. The molecule has 132 valence electrons. The molecule has 1 aromatic heterocycles. The van der Waals surface area contributed by atoms with Crippen LogP contribution in [0.4, 0.5) is 4.39 Å². The lowest BCUT2D eigenvalue weighted by molar-refractivity contribution is 0.0500. The third-order valence-corrected chi connectivity index (χ3v) is 3.48. The fraction of sp³-hybridized carbons (Fsp3) is 0.278. The van der Waals surface area contributed by atoms with E-state index in [1.54, 1.807) is 13.8 Å². The second kappa shape index (κ2) is 7.74. The summed E-state index contributed by atoms with van der Waals surface area (Å²) in [5.41, 5.74) is -0.642. The topological polar surface area (TPSA) is 74.6 Å². The number of benzene rings is 1. The standard InChI is InChI=1S/C18H18FNO5/c1-4-24-17(22)13-10-20(3)15(18(23)25-5-2)14(16(13)21)11-6-8-12(19)9-7-11/h6-10H,4-5H2,1-3H3. The van der Waals surface area contributed by atoms with Gasteiger partial charge in [0, 0.05) is 13.2 Å². The number of ether oxygens (including phenoxy) is 2. The molecule has 0 fully saturated rings. The first-order valence-corrected chi connectivity index (χ1v) is 7.74. The molecule has 0 saturated carbocycles. The van der Waals surface area contributed by atoms with Crippen molar-refractivity contribution in [2.75, 3.05) is 13.2 Å². The Balaban J connectivity index is 2.78. The molecule has 0 N–H and O–H groups in total. The number of nitrogens with zero attached hydrogens (tertiary/aromatic N) is 1. The number of aryl methyl sites for hydroxylation is 1. The molecule has 2 aromatic rings. The van der Waals surface area contributed by atoms with Gasteiger partial charge in [-0.05, 0) is 31.5 Å². The summed E-state index contributed by atoms with van der Waals surface area (Å²) in [5.74, 6) is -1.99. The van der Waals surface area contributed by atoms with Gasteiger partial charge in [-0.1, -0.05) is 12.1 Å². The van der Waals surface area contributed by atoms with Crippen LogP contribution in [0.2, 0.25) is 0 Å². The Labute approximate surface area is 143 Å². The van der Waals surface area contributed by atoms with Crippen LogP contribution in [0.15, 0.2) is 35.3 Å². The molecule has 0 spiro atoms. The van der Waals surface area contributed by atoms with Crippen LogP contribution in [0.3, 0.4) is 0 Å². The molecule has 0 aliphatic heterocycles. The van der Waals surface area contributed by atoms with Gasteiger partial charge in [0.15, 0.2) is 0 Å². The van der Waals surface area contributed by atoms with Crippen LogP contribution in [0.1, 0.15) is 34.7 Å². The zero-order valence-electron chi connectivity index (χ0n) is 14.2. The lowest BCUT2D eigenvalue weighted by atomic mass is 10.0. The van der Waals surface area contributed by atoms with E-state index in [1.165, 1.54) is 42.1 Å². The normalized spacial score (nSPS) is 10.4. The molecule has 7 heteroatoms. The Bertz CT molecular complexity index is 855. The molecular weight excluding hydrogens is 329 g/mol. The van der Waals surface area contributed by atoms with Crippen molar-refractivity contribution < 1.29 is 23.5 Å². The monoisotopic (exact) mass is 347 g/mol. The molecule has 1 heterocycles. The fourth-order valence-corrected chi connectivity index (χ4v) is 2.42. The van der Waals surface area contributed by atoms with Crippen molar-refractivity contribution in [2.45, 2.75) is 13.8 Å². The average molecular weight is 347 g/mol. The molecule has 25 heavy (non-hydrogen) atoms. The third-order valence-electron chi connectivity index (χ3n) is 3.48. The van der Waals surface area contributed by atoms with Gasteiger partial charge < -0.3 is 14.0 Å². The molecule has 1 aromatic carbocycles. The first-order valence-electron chi connectivity index (χ1n) is 7.74. The van der Waals surface area contributed by atoms with Crippen molar-refractivity contribution in [3.05, 3.63) is 57.8 Å². The second-order valence-electron chi connectivity index (χ2n) is 5.15. The first kappa shape index (κ1) is 18.4. The number of carbonyl (C=O) groups is 2. The minimum absolute atomic E-state index is 0.0218. The number of rotatable bonds is 5. The van der Waals surface area contributed by atoms with E-state index in [2.05, 4.69) is 0 Å². The van der Waals surface area contributed by atoms with Crippen molar-refractivity contribution in [3.8, 4) is 11.1 Å². The molecule has 0 bridgehead atoms. The summed E-state index contributed by atoms with van der Waals surface area (Å²) in [4.78, 5) is 37.2. The van der Waals surface area contributed by atoms with Gasteiger partial charge in [0.25, 0.3) is 0 Å².